The molecule has 1 atom stereocenters. The van der Waals surface area contributed by atoms with Crippen LogP contribution in [-0.4, -0.2) is 29.1 Å². The van der Waals surface area contributed by atoms with Crippen LogP contribution in [0, 0.1) is 12.8 Å². The molecule has 0 aliphatic rings. The van der Waals surface area contributed by atoms with Crippen LogP contribution in [0.4, 0.5) is 0 Å². The summed E-state index contributed by atoms with van der Waals surface area (Å²) in [5, 5.41) is 12.1. The van der Waals surface area contributed by atoms with E-state index >= 15 is 0 Å². The third-order valence-electron chi connectivity index (χ3n) is 3.03. The predicted molar refractivity (Wildman–Crippen MR) is 82.0 cm³/mol. The van der Waals surface area contributed by atoms with Crippen molar-refractivity contribution in [2.45, 2.75) is 27.2 Å². The van der Waals surface area contributed by atoms with Gasteiger partial charge in [-0.25, -0.2) is 9.78 Å². The molecule has 0 fully saturated rings. The summed E-state index contributed by atoms with van der Waals surface area (Å²) in [6.07, 6.45) is 3.60. The Hall–Kier alpha value is -1.95. The molecule has 1 rings (SSSR count). The minimum absolute atomic E-state index is 0.238. The maximum atomic E-state index is 11.4. The number of methoxy groups -OCH3 is 1. The fraction of sp³-hybridized carbons (Fsp3) is 0.400. The van der Waals surface area contributed by atoms with Crippen molar-refractivity contribution < 1.29 is 19.4 Å². The van der Waals surface area contributed by atoms with Gasteiger partial charge in [-0.2, -0.15) is 0 Å². The number of esters is 1. The molecule has 0 unspecified atom stereocenters. The molecule has 0 aliphatic heterocycles. The van der Waals surface area contributed by atoms with E-state index in [-0.39, 0.29) is 6.42 Å². The second kappa shape index (κ2) is 7.73. The Bertz CT molecular complexity index is 586. The number of carboxylic acid groups (broad SMARTS) is 1. The summed E-state index contributed by atoms with van der Waals surface area (Å²) >= 11 is 1.52. The Balaban J connectivity index is 2.89. The molecule has 1 heterocycles. The summed E-state index contributed by atoms with van der Waals surface area (Å²) in [5.74, 6) is -2.06. The summed E-state index contributed by atoms with van der Waals surface area (Å²) in [5.41, 5.74) is 1.86. The third-order valence-corrected chi connectivity index (χ3v) is 3.82. The van der Waals surface area contributed by atoms with Gasteiger partial charge in [0.1, 0.15) is 0 Å². The lowest BCUT2D eigenvalue weighted by Crippen LogP contribution is -2.15. The zero-order valence-electron chi connectivity index (χ0n) is 12.5. The summed E-state index contributed by atoms with van der Waals surface area (Å²) in [4.78, 5) is 27.0. The number of aromatic nitrogens is 1. The Labute approximate surface area is 128 Å². The van der Waals surface area contributed by atoms with Crippen molar-refractivity contribution in [1.29, 1.82) is 0 Å². The molecule has 6 heteroatoms. The van der Waals surface area contributed by atoms with E-state index in [9.17, 15) is 14.7 Å². The summed E-state index contributed by atoms with van der Waals surface area (Å²) in [6.45, 7) is 5.26. The number of aryl methyl sites for hydroxylation is 1. The highest BCUT2D eigenvalue weighted by atomic mass is 32.1. The van der Waals surface area contributed by atoms with E-state index in [1.54, 1.807) is 26.0 Å². The van der Waals surface area contributed by atoms with Crippen LogP contribution in [-0.2, 0) is 14.3 Å². The molecule has 114 valence electrons. The Kier molecular flexibility index (Phi) is 6.30. The highest BCUT2D eigenvalue weighted by Crippen LogP contribution is 2.21. The zero-order valence-corrected chi connectivity index (χ0v) is 13.4. The summed E-state index contributed by atoms with van der Waals surface area (Å²) < 4.78 is 4.59. The molecule has 1 aromatic rings. The van der Waals surface area contributed by atoms with Crippen molar-refractivity contribution in [2.75, 3.05) is 7.11 Å². The van der Waals surface area contributed by atoms with Crippen LogP contribution < -0.4 is 0 Å². The van der Waals surface area contributed by atoms with E-state index in [2.05, 4.69) is 9.72 Å². The van der Waals surface area contributed by atoms with E-state index in [1.807, 2.05) is 12.3 Å². The molecule has 0 radical (unpaired) electrons. The molecule has 5 nitrogen and oxygen atoms in total. The summed E-state index contributed by atoms with van der Waals surface area (Å²) in [6, 6.07) is 0. The number of carboxylic acids is 1. The molecule has 0 amide bonds. The van der Waals surface area contributed by atoms with Gasteiger partial charge in [-0.3, -0.25) is 4.79 Å². The topological polar surface area (TPSA) is 76.5 Å². The molecule has 1 N–H and O–H groups in total. The molecule has 0 spiro atoms. The maximum Gasteiger partial charge on any atom is 0.333 e. The molecular weight excluding hydrogens is 290 g/mol. The molecule has 21 heavy (non-hydrogen) atoms. The quantitative estimate of drug-likeness (QED) is 0.645. The number of ether oxygens (including phenoxy) is 1. The maximum absolute atomic E-state index is 11.4. The van der Waals surface area contributed by atoms with Crippen LogP contribution >= 0.6 is 11.3 Å². The second-order valence-electron chi connectivity index (χ2n) is 4.68. The number of allylic oxidation sites excluding steroid dienone is 1. The molecule has 0 saturated heterocycles. The third kappa shape index (κ3) is 5.15. The lowest BCUT2D eigenvalue weighted by molar-refractivity contribution is -0.140. The standard InChI is InChI=1S/C15H19NO4S/c1-9(15(19)20-4)5-6-13(14(17)18)10(2)7-12-8-21-11(3)16-12/h5,7-8,13H,6H2,1-4H3,(H,17,18)/b9-5-,10-7+/t13-/m0/s1. The van der Waals surface area contributed by atoms with Gasteiger partial charge >= 0.3 is 11.9 Å². The van der Waals surface area contributed by atoms with Crippen LogP contribution in [0.25, 0.3) is 6.08 Å². The van der Waals surface area contributed by atoms with E-state index in [0.29, 0.717) is 11.1 Å². The van der Waals surface area contributed by atoms with Crippen molar-refractivity contribution in [3.63, 3.8) is 0 Å². The van der Waals surface area contributed by atoms with Gasteiger partial charge in [0, 0.05) is 11.0 Å². The lowest BCUT2D eigenvalue weighted by Gasteiger charge is -2.11. The zero-order chi connectivity index (χ0) is 16.0. The predicted octanol–water partition coefficient (Wildman–Crippen LogP) is 3.07. The van der Waals surface area contributed by atoms with Crippen molar-refractivity contribution in [1.82, 2.24) is 4.98 Å². The van der Waals surface area contributed by atoms with E-state index in [0.717, 1.165) is 10.7 Å². The average Bonchev–Trinajstić information content (AvgIpc) is 2.82. The fourth-order valence-corrected chi connectivity index (χ4v) is 2.37. The Morgan fingerprint density at radius 1 is 1.48 bits per heavy atom. The number of nitrogens with zero attached hydrogens (tertiary/aromatic N) is 1. The Morgan fingerprint density at radius 3 is 2.62 bits per heavy atom. The van der Waals surface area contributed by atoms with Gasteiger partial charge in [-0.05, 0) is 33.3 Å². The monoisotopic (exact) mass is 309 g/mol. The van der Waals surface area contributed by atoms with Crippen LogP contribution in [0.15, 0.2) is 22.6 Å². The van der Waals surface area contributed by atoms with Crippen LogP contribution in [0.5, 0.6) is 0 Å². The first-order chi connectivity index (χ1) is 9.85. The van der Waals surface area contributed by atoms with Crippen molar-refractivity contribution in [3.05, 3.63) is 33.3 Å². The number of aliphatic carboxylic acids is 1. The first kappa shape index (κ1) is 17.1. The molecular formula is C15H19NO4S. The number of thiazole rings is 1. The van der Waals surface area contributed by atoms with Gasteiger partial charge in [0.25, 0.3) is 0 Å². The second-order valence-corrected chi connectivity index (χ2v) is 5.75. The minimum atomic E-state index is -0.926. The van der Waals surface area contributed by atoms with Gasteiger partial charge in [-0.1, -0.05) is 11.6 Å². The Morgan fingerprint density at radius 2 is 2.14 bits per heavy atom. The van der Waals surface area contributed by atoms with Crippen LogP contribution in [0.2, 0.25) is 0 Å². The van der Waals surface area contributed by atoms with Crippen LogP contribution in [0.3, 0.4) is 0 Å². The van der Waals surface area contributed by atoms with Crippen molar-refractivity contribution in [2.24, 2.45) is 5.92 Å². The van der Waals surface area contributed by atoms with Gasteiger partial charge in [0.2, 0.25) is 0 Å². The van der Waals surface area contributed by atoms with Gasteiger partial charge in [0.15, 0.2) is 0 Å². The smallest absolute Gasteiger partial charge is 0.333 e. The van der Waals surface area contributed by atoms with E-state index < -0.39 is 17.9 Å². The highest BCUT2D eigenvalue weighted by molar-refractivity contribution is 7.09. The number of hydrogen-bond donors (Lipinski definition) is 1. The molecule has 0 aliphatic carbocycles. The number of carbonyl (C=O) groups excluding carboxylic acids is 1. The highest BCUT2D eigenvalue weighted by Gasteiger charge is 2.19. The van der Waals surface area contributed by atoms with Gasteiger partial charge in [0.05, 0.1) is 23.7 Å². The fourth-order valence-electron chi connectivity index (χ4n) is 1.80. The normalized spacial score (nSPS) is 13.9. The van der Waals surface area contributed by atoms with Crippen molar-refractivity contribution >= 4 is 29.4 Å². The lowest BCUT2D eigenvalue weighted by atomic mass is 9.95. The first-order valence-corrected chi connectivity index (χ1v) is 7.31. The molecule has 1 aromatic heterocycles. The van der Waals surface area contributed by atoms with E-state index in [4.69, 9.17) is 0 Å². The molecule has 0 aromatic carbocycles. The van der Waals surface area contributed by atoms with E-state index in [1.165, 1.54) is 18.4 Å². The van der Waals surface area contributed by atoms with Crippen LogP contribution in [0.1, 0.15) is 31.0 Å². The van der Waals surface area contributed by atoms with Gasteiger partial charge < -0.3 is 9.84 Å². The van der Waals surface area contributed by atoms with Gasteiger partial charge in [-0.15, -0.1) is 11.3 Å². The number of rotatable bonds is 6. The molecule has 0 bridgehead atoms. The number of hydrogen-bond acceptors (Lipinski definition) is 5. The first-order valence-electron chi connectivity index (χ1n) is 6.43. The van der Waals surface area contributed by atoms with Crippen molar-refractivity contribution in [3.8, 4) is 0 Å². The summed E-state index contributed by atoms with van der Waals surface area (Å²) in [7, 11) is 1.30. The average molecular weight is 309 g/mol. The minimum Gasteiger partial charge on any atom is -0.481 e. The SMILES string of the molecule is COC(=O)/C(C)=C\C[C@H](C(=O)O)/C(C)=C/c1csc(C)n1. The molecule has 0 saturated carbocycles. The number of carbonyl (C=O) groups is 2. The largest absolute Gasteiger partial charge is 0.481 e.